The van der Waals surface area contributed by atoms with Gasteiger partial charge in [0.1, 0.15) is 0 Å². The third-order valence-electron chi connectivity index (χ3n) is 3.75. The highest BCUT2D eigenvalue weighted by Crippen LogP contribution is 2.37. The highest BCUT2D eigenvalue weighted by molar-refractivity contribution is 7.99. The molecule has 2 aromatic rings. The first-order valence-electron chi connectivity index (χ1n) is 7.12. The fourth-order valence-electron chi connectivity index (χ4n) is 2.62. The smallest absolute Gasteiger partial charge is 0.0914 e. The number of hydrogen-bond acceptors (Lipinski definition) is 3. The summed E-state index contributed by atoms with van der Waals surface area (Å²) in [6, 6.07) is 16.1. The molecule has 2 unspecified atom stereocenters. The normalized spacial score (nSPS) is 19.0. The highest BCUT2D eigenvalue weighted by Gasteiger charge is 2.21. The lowest BCUT2D eigenvalue weighted by Gasteiger charge is -2.27. The Balaban J connectivity index is 1.68. The average Bonchev–Trinajstić information content (AvgIpc) is 2.53. The molecule has 0 aliphatic carbocycles. The average molecular weight is 320 g/mol. The van der Waals surface area contributed by atoms with Gasteiger partial charge in [0.15, 0.2) is 0 Å². The third-order valence-corrected chi connectivity index (χ3v) is 5.11. The van der Waals surface area contributed by atoms with Gasteiger partial charge >= 0.3 is 0 Å². The SMILES string of the molecule is OC(CNC1CCSc2ccc(Cl)cc21)c1ccccc1. The van der Waals surface area contributed by atoms with Gasteiger partial charge in [0.25, 0.3) is 0 Å². The van der Waals surface area contributed by atoms with Crippen LogP contribution in [-0.4, -0.2) is 17.4 Å². The van der Waals surface area contributed by atoms with Gasteiger partial charge in [-0.05, 0) is 41.5 Å². The standard InChI is InChI=1S/C17H18ClNOS/c18-13-6-7-17-14(10-13)15(8-9-21-17)19-11-16(20)12-4-2-1-3-5-12/h1-7,10,15-16,19-20H,8-9,11H2. The molecule has 0 saturated heterocycles. The van der Waals surface area contributed by atoms with E-state index in [9.17, 15) is 5.11 Å². The van der Waals surface area contributed by atoms with Gasteiger partial charge < -0.3 is 10.4 Å². The van der Waals surface area contributed by atoms with Crippen molar-refractivity contribution >= 4 is 23.4 Å². The zero-order valence-electron chi connectivity index (χ0n) is 11.6. The van der Waals surface area contributed by atoms with E-state index in [1.54, 1.807) is 0 Å². The lowest BCUT2D eigenvalue weighted by atomic mass is 10.0. The number of aliphatic hydroxyl groups is 1. The third kappa shape index (κ3) is 3.61. The van der Waals surface area contributed by atoms with Crippen LogP contribution in [0.3, 0.4) is 0 Å². The van der Waals surface area contributed by atoms with E-state index in [0.717, 1.165) is 22.8 Å². The van der Waals surface area contributed by atoms with Crippen LogP contribution in [0.2, 0.25) is 5.02 Å². The van der Waals surface area contributed by atoms with Crippen LogP contribution < -0.4 is 5.32 Å². The Morgan fingerprint density at radius 1 is 1.24 bits per heavy atom. The van der Waals surface area contributed by atoms with Gasteiger partial charge in [-0.2, -0.15) is 0 Å². The fourth-order valence-corrected chi connectivity index (χ4v) is 3.91. The van der Waals surface area contributed by atoms with Crippen LogP contribution in [-0.2, 0) is 0 Å². The van der Waals surface area contributed by atoms with Crippen molar-refractivity contribution in [3.8, 4) is 0 Å². The maximum atomic E-state index is 10.3. The number of benzene rings is 2. The summed E-state index contributed by atoms with van der Waals surface area (Å²) in [6.07, 6.45) is 0.572. The number of nitrogens with one attached hydrogen (secondary N) is 1. The number of rotatable bonds is 4. The second kappa shape index (κ2) is 6.84. The first-order valence-corrected chi connectivity index (χ1v) is 8.49. The Kier molecular flexibility index (Phi) is 4.86. The van der Waals surface area contributed by atoms with Crippen molar-refractivity contribution in [2.24, 2.45) is 0 Å². The summed E-state index contributed by atoms with van der Waals surface area (Å²) in [6.45, 7) is 0.547. The molecule has 0 spiro atoms. The van der Waals surface area contributed by atoms with Crippen LogP contribution in [0.5, 0.6) is 0 Å². The van der Waals surface area contributed by atoms with E-state index in [2.05, 4.69) is 11.4 Å². The Bertz CT molecular complexity index is 605. The second-order valence-corrected chi connectivity index (χ2v) is 6.78. The summed E-state index contributed by atoms with van der Waals surface area (Å²) in [5.41, 5.74) is 2.19. The zero-order valence-corrected chi connectivity index (χ0v) is 13.2. The number of fused-ring (bicyclic) bond motifs is 1. The first kappa shape index (κ1) is 14.9. The van der Waals surface area contributed by atoms with E-state index < -0.39 is 6.10 Å². The molecule has 0 bridgehead atoms. The van der Waals surface area contributed by atoms with Crippen LogP contribution in [0.1, 0.15) is 29.7 Å². The molecule has 2 atom stereocenters. The highest BCUT2D eigenvalue weighted by atomic mass is 35.5. The van der Waals surface area contributed by atoms with Crippen LogP contribution >= 0.6 is 23.4 Å². The summed E-state index contributed by atoms with van der Waals surface area (Å²) in [7, 11) is 0. The van der Waals surface area contributed by atoms with E-state index in [1.807, 2.05) is 54.2 Å². The minimum Gasteiger partial charge on any atom is -0.387 e. The van der Waals surface area contributed by atoms with E-state index in [0.29, 0.717) is 6.54 Å². The van der Waals surface area contributed by atoms with Crippen molar-refractivity contribution in [3.05, 3.63) is 64.7 Å². The van der Waals surface area contributed by atoms with Gasteiger partial charge in [0.05, 0.1) is 6.10 Å². The lowest BCUT2D eigenvalue weighted by molar-refractivity contribution is 0.169. The predicted molar refractivity (Wildman–Crippen MR) is 88.9 cm³/mol. The van der Waals surface area contributed by atoms with Crippen LogP contribution in [0.15, 0.2) is 53.4 Å². The molecule has 0 saturated carbocycles. The van der Waals surface area contributed by atoms with Crippen LogP contribution in [0.25, 0.3) is 0 Å². The van der Waals surface area contributed by atoms with Gasteiger partial charge in [-0.1, -0.05) is 41.9 Å². The molecule has 2 N–H and O–H groups in total. The number of aliphatic hydroxyl groups excluding tert-OH is 1. The lowest BCUT2D eigenvalue weighted by Crippen LogP contribution is -2.28. The van der Waals surface area contributed by atoms with Crippen molar-refractivity contribution in [2.75, 3.05) is 12.3 Å². The number of thioether (sulfide) groups is 1. The first-order chi connectivity index (χ1) is 10.2. The maximum absolute atomic E-state index is 10.3. The fraction of sp³-hybridized carbons (Fsp3) is 0.294. The molecule has 1 aliphatic heterocycles. The molecule has 3 rings (SSSR count). The molecule has 110 valence electrons. The van der Waals surface area contributed by atoms with Crippen molar-refractivity contribution < 1.29 is 5.11 Å². The monoisotopic (exact) mass is 319 g/mol. The minimum atomic E-state index is -0.483. The van der Waals surface area contributed by atoms with Crippen molar-refractivity contribution in [2.45, 2.75) is 23.5 Å². The van der Waals surface area contributed by atoms with Gasteiger partial charge in [0.2, 0.25) is 0 Å². The number of halogens is 1. The van der Waals surface area contributed by atoms with Gasteiger partial charge in [-0.3, -0.25) is 0 Å². The molecular weight excluding hydrogens is 302 g/mol. The molecule has 0 radical (unpaired) electrons. The van der Waals surface area contributed by atoms with E-state index >= 15 is 0 Å². The quantitative estimate of drug-likeness (QED) is 0.886. The van der Waals surface area contributed by atoms with E-state index in [1.165, 1.54) is 10.5 Å². The molecule has 2 aromatic carbocycles. The Hall–Kier alpha value is -1.00. The molecule has 4 heteroatoms. The Morgan fingerprint density at radius 2 is 2.05 bits per heavy atom. The summed E-state index contributed by atoms with van der Waals surface area (Å²) >= 11 is 7.98. The second-order valence-electron chi connectivity index (χ2n) is 5.21. The largest absolute Gasteiger partial charge is 0.387 e. The van der Waals surface area contributed by atoms with E-state index in [4.69, 9.17) is 11.6 Å². The van der Waals surface area contributed by atoms with Crippen molar-refractivity contribution in [3.63, 3.8) is 0 Å². The Morgan fingerprint density at radius 3 is 2.86 bits per heavy atom. The summed E-state index contributed by atoms with van der Waals surface area (Å²) in [5.74, 6) is 1.09. The topological polar surface area (TPSA) is 32.3 Å². The van der Waals surface area contributed by atoms with Crippen LogP contribution in [0, 0.1) is 0 Å². The Labute approximate surface area is 134 Å². The summed E-state index contributed by atoms with van der Waals surface area (Å²) in [4.78, 5) is 1.29. The minimum absolute atomic E-state index is 0.262. The predicted octanol–water partition coefficient (Wildman–Crippen LogP) is 4.20. The molecule has 0 fully saturated rings. The molecule has 1 heterocycles. The molecule has 1 aliphatic rings. The molecule has 2 nitrogen and oxygen atoms in total. The van der Waals surface area contributed by atoms with Gasteiger partial charge in [-0.25, -0.2) is 0 Å². The van der Waals surface area contributed by atoms with Gasteiger partial charge in [0, 0.05) is 22.5 Å². The summed E-state index contributed by atoms with van der Waals surface area (Å²) < 4.78 is 0. The molecule has 0 amide bonds. The summed E-state index contributed by atoms with van der Waals surface area (Å²) in [5, 5.41) is 14.5. The van der Waals surface area contributed by atoms with Gasteiger partial charge in [-0.15, -0.1) is 11.8 Å². The molecule has 21 heavy (non-hydrogen) atoms. The zero-order chi connectivity index (χ0) is 14.7. The maximum Gasteiger partial charge on any atom is 0.0914 e. The van der Waals surface area contributed by atoms with Crippen LogP contribution in [0.4, 0.5) is 0 Å². The molecular formula is C17H18ClNOS. The van der Waals surface area contributed by atoms with Crippen molar-refractivity contribution in [1.29, 1.82) is 0 Å². The number of hydrogen-bond donors (Lipinski definition) is 2. The molecule has 0 aromatic heterocycles. The van der Waals surface area contributed by atoms with Crippen molar-refractivity contribution in [1.82, 2.24) is 5.32 Å². The van der Waals surface area contributed by atoms with E-state index in [-0.39, 0.29) is 6.04 Å².